The van der Waals surface area contributed by atoms with Crippen molar-refractivity contribution in [3.8, 4) is 0 Å². The molecule has 0 radical (unpaired) electrons. The SMILES string of the molecule is CN(C)C1CCN(C(=O)CC2CCN(C(=O)CC3(C)CCCC3)CC2)CC1. The van der Waals surface area contributed by atoms with Crippen molar-refractivity contribution in [2.45, 2.75) is 77.2 Å². The second-order valence-corrected chi connectivity index (χ2v) is 9.80. The molecule has 0 bridgehead atoms. The lowest BCUT2D eigenvalue weighted by Crippen LogP contribution is -2.45. The first-order chi connectivity index (χ1) is 12.9. The quantitative estimate of drug-likeness (QED) is 0.739. The van der Waals surface area contributed by atoms with E-state index in [1.165, 1.54) is 25.7 Å². The van der Waals surface area contributed by atoms with Gasteiger partial charge in [0.2, 0.25) is 11.8 Å². The first kappa shape index (κ1) is 20.6. The van der Waals surface area contributed by atoms with Crippen LogP contribution in [0.15, 0.2) is 0 Å². The molecule has 1 saturated carbocycles. The molecule has 0 atom stereocenters. The molecule has 27 heavy (non-hydrogen) atoms. The summed E-state index contributed by atoms with van der Waals surface area (Å²) < 4.78 is 0. The third-order valence-corrected chi connectivity index (χ3v) is 7.37. The minimum atomic E-state index is 0.239. The van der Waals surface area contributed by atoms with E-state index >= 15 is 0 Å². The zero-order valence-electron chi connectivity index (χ0n) is 17.7. The van der Waals surface area contributed by atoms with Gasteiger partial charge < -0.3 is 14.7 Å². The van der Waals surface area contributed by atoms with Gasteiger partial charge in [0.15, 0.2) is 0 Å². The van der Waals surface area contributed by atoms with Crippen LogP contribution in [0.1, 0.15) is 71.1 Å². The van der Waals surface area contributed by atoms with Crippen molar-refractivity contribution in [2.24, 2.45) is 11.3 Å². The Labute approximate surface area is 165 Å². The van der Waals surface area contributed by atoms with Crippen LogP contribution in [0.25, 0.3) is 0 Å². The summed E-state index contributed by atoms with van der Waals surface area (Å²) in [6, 6.07) is 0.616. The lowest BCUT2D eigenvalue weighted by atomic mass is 9.84. The summed E-state index contributed by atoms with van der Waals surface area (Å²) in [7, 11) is 4.26. The van der Waals surface area contributed by atoms with Crippen LogP contribution in [0, 0.1) is 11.3 Å². The van der Waals surface area contributed by atoms with Crippen LogP contribution in [-0.4, -0.2) is 72.8 Å². The minimum absolute atomic E-state index is 0.239. The standard InChI is InChI=1S/C22H39N3O2/c1-22(10-4-5-11-22)17-21(27)25-12-6-18(7-13-25)16-20(26)24-14-8-19(9-15-24)23(2)3/h18-19H,4-17H2,1-3H3. The van der Waals surface area contributed by atoms with Crippen molar-refractivity contribution in [2.75, 3.05) is 40.3 Å². The molecule has 0 aromatic rings. The highest BCUT2D eigenvalue weighted by Crippen LogP contribution is 2.41. The Morgan fingerprint density at radius 1 is 0.889 bits per heavy atom. The molecule has 0 aromatic heterocycles. The second-order valence-electron chi connectivity index (χ2n) is 9.80. The molecule has 3 rings (SSSR count). The van der Waals surface area contributed by atoms with Gasteiger partial charge in [0, 0.05) is 45.1 Å². The Hall–Kier alpha value is -1.10. The normalized spacial score (nSPS) is 24.6. The van der Waals surface area contributed by atoms with E-state index in [4.69, 9.17) is 0 Å². The fourth-order valence-electron chi connectivity index (χ4n) is 5.28. The van der Waals surface area contributed by atoms with Crippen molar-refractivity contribution in [3.63, 3.8) is 0 Å². The highest BCUT2D eigenvalue weighted by molar-refractivity contribution is 5.78. The highest BCUT2D eigenvalue weighted by Gasteiger charge is 2.34. The largest absolute Gasteiger partial charge is 0.343 e. The van der Waals surface area contributed by atoms with Crippen LogP contribution in [0.2, 0.25) is 0 Å². The fraction of sp³-hybridized carbons (Fsp3) is 0.909. The number of amides is 2. The van der Waals surface area contributed by atoms with Crippen LogP contribution in [0.3, 0.4) is 0 Å². The van der Waals surface area contributed by atoms with Crippen molar-refractivity contribution >= 4 is 11.8 Å². The molecule has 0 unspecified atom stereocenters. The number of carbonyl (C=O) groups is 2. The number of piperidine rings is 2. The van der Waals surface area contributed by atoms with Crippen LogP contribution in [0.4, 0.5) is 0 Å². The van der Waals surface area contributed by atoms with E-state index in [2.05, 4.69) is 35.7 Å². The molecule has 5 nitrogen and oxygen atoms in total. The zero-order valence-corrected chi connectivity index (χ0v) is 17.7. The molecule has 0 spiro atoms. The van der Waals surface area contributed by atoms with Gasteiger partial charge in [-0.1, -0.05) is 19.8 Å². The summed E-state index contributed by atoms with van der Waals surface area (Å²) in [5, 5.41) is 0. The molecule has 2 heterocycles. The molecule has 3 aliphatic rings. The molecule has 5 heteroatoms. The number of nitrogens with zero attached hydrogens (tertiary/aromatic N) is 3. The van der Waals surface area contributed by atoms with E-state index in [0.29, 0.717) is 30.2 Å². The number of hydrogen-bond acceptors (Lipinski definition) is 3. The molecule has 1 aliphatic carbocycles. The van der Waals surface area contributed by atoms with E-state index < -0.39 is 0 Å². The molecule has 0 aromatic carbocycles. The summed E-state index contributed by atoms with van der Waals surface area (Å²) in [4.78, 5) is 31.7. The van der Waals surface area contributed by atoms with E-state index in [1.807, 2.05) is 0 Å². The summed E-state index contributed by atoms with van der Waals surface area (Å²) in [5.41, 5.74) is 0.239. The predicted molar refractivity (Wildman–Crippen MR) is 108 cm³/mol. The van der Waals surface area contributed by atoms with Gasteiger partial charge in [0.1, 0.15) is 0 Å². The molecule has 2 saturated heterocycles. The first-order valence-electron chi connectivity index (χ1n) is 11.1. The molecule has 2 aliphatic heterocycles. The number of hydrogen-bond donors (Lipinski definition) is 0. The summed E-state index contributed by atoms with van der Waals surface area (Å²) in [5.74, 6) is 1.13. The van der Waals surface area contributed by atoms with Crippen molar-refractivity contribution in [1.29, 1.82) is 0 Å². The molecular formula is C22H39N3O2. The predicted octanol–water partition coefficient (Wildman–Crippen LogP) is 3.14. The van der Waals surface area contributed by atoms with Crippen molar-refractivity contribution < 1.29 is 9.59 Å². The highest BCUT2D eigenvalue weighted by atomic mass is 16.2. The molecule has 0 N–H and O–H groups in total. The van der Waals surface area contributed by atoms with Gasteiger partial charge >= 0.3 is 0 Å². The van der Waals surface area contributed by atoms with Crippen molar-refractivity contribution in [1.82, 2.24) is 14.7 Å². The fourth-order valence-corrected chi connectivity index (χ4v) is 5.28. The maximum Gasteiger partial charge on any atom is 0.223 e. The average Bonchev–Trinajstić information content (AvgIpc) is 3.08. The van der Waals surface area contributed by atoms with Crippen LogP contribution in [-0.2, 0) is 9.59 Å². The van der Waals surface area contributed by atoms with Crippen LogP contribution >= 0.6 is 0 Å². The first-order valence-corrected chi connectivity index (χ1v) is 11.1. The topological polar surface area (TPSA) is 43.9 Å². The van der Waals surface area contributed by atoms with E-state index in [1.54, 1.807) is 0 Å². The van der Waals surface area contributed by atoms with Gasteiger partial charge in [-0.3, -0.25) is 9.59 Å². The molecule has 154 valence electrons. The number of rotatable bonds is 5. The smallest absolute Gasteiger partial charge is 0.223 e. The van der Waals surface area contributed by atoms with Gasteiger partial charge in [-0.2, -0.15) is 0 Å². The van der Waals surface area contributed by atoms with Crippen LogP contribution in [0.5, 0.6) is 0 Å². The summed E-state index contributed by atoms with van der Waals surface area (Å²) in [6.07, 6.45) is 10.5. The van der Waals surface area contributed by atoms with Gasteiger partial charge in [-0.15, -0.1) is 0 Å². The third kappa shape index (κ3) is 5.46. The van der Waals surface area contributed by atoms with E-state index in [-0.39, 0.29) is 5.41 Å². The van der Waals surface area contributed by atoms with Gasteiger partial charge in [-0.05, 0) is 64.0 Å². The maximum absolute atomic E-state index is 12.7. The van der Waals surface area contributed by atoms with Gasteiger partial charge in [0.25, 0.3) is 0 Å². The monoisotopic (exact) mass is 377 g/mol. The lowest BCUT2D eigenvalue weighted by Gasteiger charge is -2.37. The summed E-state index contributed by atoms with van der Waals surface area (Å²) >= 11 is 0. The van der Waals surface area contributed by atoms with Crippen molar-refractivity contribution in [3.05, 3.63) is 0 Å². The van der Waals surface area contributed by atoms with Crippen LogP contribution < -0.4 is 0 Å². The van der Waals surface area contributed by atoms with E-state index in [9.17, 15) is 9.59 Å². The number of carbonyl (C=O) groups excluding carboxylic acids is 2. The number of likely N-dealkylation sites (tertiary alicyclic amines) is 2. The maximum atomic E-state index is 12.7. The Kier molecular flexibility index (Phi) is 6.83. The lowest BCUT2D eigenvalue weighted by molar-refractivity contribution is -0.136. The average molecular weight is 378 g/mol. The van der Waals surface area contributed by atoms with Gasteiger partial charge in [-0.25, -0.2) is 0 Å². The Bertz CT molecular complexity index is 512. The second kappa shape index (κ2) is 8.93. The molecule has 3 fully saturated rings. The minimum Gasteiger partial charge on any atom is -0.343 e. The molecular weight excluding hydrogens is 338 g/mol. The zero-order chi connectivity index (χ0) is 19.4. The Balaban J connectivity index is 1.38. The van der Waals surface area contributed by atoms with E-state index in [0.717, 1.165) is 58.3 Å². The summed E-state index contributed by atoms with van der Waals surface area (Å²) in [6.45, 7) is 5.77. The molecule has 2 amide bonds. The van der Waals surface area contributed by atoms with Gasteiger partial charge in [0.05, 0.1) is 0 Å². The Morgan fingerprint density at radius 2 is 1.41 bits per heavy atom. The Morgan fingerprint density at radius 3 is 1.96 bits per heavy atom. The third-order valence-electron chi connectivity index (χ3n) is 7.37.